The molecule has 0 saturated heterocycles. The number of nitrogen functional groups attached to an aromatic ring is 1. The first kappa shape index (κ1) is 18.9. The molecule has 0 radical (unpaired) electrons. The van der Waals surface area contributed by atoms with Crippen LogP contribution in [0.5, 0.6) is 0 Å². The Kier molecular flexibility index (Phi) is 10.6. The van der Waals surface area contributed by atoms with Crippen LogP contribution in [0.2, 0.25) is 0 Å². The van der Waals surface area contributed by atoms with Gasteiger partial charge in [0.2, 0.25) is 0 Å². The summed E-state index contributed by atoms with van der Waals surface area (Å²) in [5.74, 6) is 0. The van der Waals surface area contributed by atoms with E-state index in [-0.39, 0.29) is 0 Å². The lowest BCUT2D eigenvalue weighted by Crippen LogP contribution is -2.25. The van der Waals surface area contributed by atoms with E-state index in [1.165, 1.54) is 83.0 Å². The second-order valence-corrected chi connectivity index (χ2v) is 6.41. The highest BCUT2D eigenvalue weighted by Crippen LogP contribution is 2.18. The lowest BCUT2D eigenvalue weighted by molar-refractivity contribution is 0.589. The maximum atomic E-state index is 5.82. The minimum Gasteiger partial charge on any atom is -0.399 e. The number of benzene rings is 1. The van der Waals surface area contributed by atoms with Gasteiger partial charge >= 0.3 is 0 Å². The van der Waals surface area contributed by atoms with Crippen molar-refractivity contribution in [2.45, 2.75) is 78.1 Å². The Morgan fingerprint density at radius 2 is 1.14 bits per heavy atom. The molecule has 2 N–H and O–H groups in total. The highest BCUT2D eigenvalue weighted by molar-refractivity contribution is 5.53. The molecular weight excluding hydrogens is 268 g/mol. The van der Waals surface area contributed by atoms with E-state index >= 15 is 0 Å². The van der Waals surface area contributed by atoms with E-state index in [1.54, 1.807) is 0 Å². The smallest absolute Gasteiger partial charge is 0.0367 e. The molecular formula is C20H36N2. The van der Waals surface area contributed by atoms with Gasteiger partial charge in [-0.25, -0.2) is 0 Å². The van der Waals surface area contributed by atoms with Crippen molar-refractivity contribution in [2.24, 2.45) is 0 Å². The third-order valence-electron chi connectivity index (χ3n) is 4.32. The molecule has 0 unspecified atom stereocenters. The lowest BCUT2D eigenvalue weighted by Gasteiger charge is -2.25. The van der Waals surface area contributed by atoms with Gasteiger partial charge in [0.05, 0.1) is 0 Å². The van der Waals surface area contributed by atoms with E-state index in [9.17, 15) is 0 Å². The first-order valence-electron chi connectivity index (χ1n) is 9.38. The van der Waals surface area contributed by atoms with Crippen molar-refractivity contribution in [1.82, 2.24) is 0 Å². The monoisotopic (exact) mass is 304 g/mol. The molecule has 0 spiro atoms. The fourth-order valence-electron chi connectivity index (χ4n) is 2.87. The summed E-state index contributed by atoms with van der Waals surface area (Å²) in [6.45, 7) is 6.91. The van der Waals surface area contributed by atoms with Crippen LogP contribution >= 0.6 is 0 Å². The Hall–Kier alpha value is -1.18. The molecule has 0 saturated carbocycles. The van der Waals surface area contributed by atoms with Gasteiger partial charge in [-0.1, -0.05) is 65.2 Å². The van der Waals surface area contributed by atoms with E-state index in [0.717, 1.165) is 5.69 Å². The van der Waals surface area contributed by atoms with Crippen LogP contribution in [0, 0.1) is 0 Å². The Labute approximate surface area is 138 Å². The molecule has 0 amide bonds. The summed E-state index contributed by atoms with van der Waals surface area (Å²) in [5, 5.41) is 0. The van der Waals surface area contributed by atoms with Crippen molar-refractivity contribution in [1.29, 1.82) is 0 Å². The summed E-state index contributed by atoms with van der Waals surface area (Å²) >= 11 is 0. The van der Waals surface area contributed by atoms with Crippen molar-refractivity contribution in [3.05, 3.63) is 24.3 Å². The summed E-state index contributed by atoms with van der Waals surface area (Å²) in [7, 11) is 0. The van der Waals surface area contributed by atoms with Gasteiger partial charge in [0.1, 0.15) is 0 Å². The van der Waals surface area contributed by atoms with Gasteiger partial charge in [-0.05, 0) is 37.1 Å². The van der Waals surface area contributed by atoms with Crippen LogP contribution in [-0.2, 0) is 0 Å². The molecule has 1 rings (SSSR count). The number of anilines is 2. The number of nitrogens with zero attached hydrogens (tertiary/aromatic N) is 1. The van der Waals surface area contributed by atoms with Gasteiger partial charge in [0.25, 0.3) is 0 Å². The highest BCUT2D eigenvalue weighted by Gasteiger charge is 2.06. The molecule has 2 nitrogen and oxygen atoms in total. The molecule has 22 heavy (non-hydrogen) atoms. The van der Waals surface area contributed by atoms with E-state index in [0.29, 0.717) is 0 Å². The van der Waals surface area contributed by atoms with E-state index in [2.05, 4.69) is 30.9 Å². The van der Waals surface area contributed by atoms with Gasteiger partial charge in [0.15, 0.2) is 0 Å². The highest BCUT2D eigenvalue weighted by atomic mass is 15.1. The van der Waals surface area contributed by atoms with Crippen LogP contribution < -0.4 is 10.6 Å². The molecule has 0 atom stereocenters. The lowest BCUT2D eigenvalue weighted by atomic mass is 10.1. The molecule has 0 bridgehead atoms. The largest absolute Gasteiger partial charge is 0.399 e. The third-order valence-corrected chi connectivity index (χ3v) is 4.32. The van der Waals surface area contributed by atoms with Gasteiger partial charge in [-0.2, -0.15) is 0 Å². The molecule has 0 aromatic heterocycles. The zero-order valence-electron chi connectivity index (χ0n) is 14.8. The van der Waals surface area contributed by atoms with Crippen molar-refractivity contribution in [3.8, 4) is 0 Å². The van der Waals surface area contributed by atoms with Gasteiger partial charge < -0.3 is 10.6 Å². The molecule has 0 aliphatic carbocycles. The predicted molar refractivity (Wildman–Crippen MR) is 101 cm³/mol. The summed E-state index contributed by atoms with van der Waals surface area (Å²) in [4.78, 5) is 2.55. The van der Waals surface area contributed by atoms with Crippen LogP contribution in [0.3, 0.4) is 0 Å². The second-order valence-electron chi connectivity index (χ2n) is 6.41. The van der Waals surface area contributed by atoms with Crippen LogP contribution in [0.25, 0.3) is 0 Å². The summed E-state index contributed by atoms with van der Waals surface area (Å²) in [6, 6.07) is 8.40. The summed E-state index contributed by atoms with van der Waals surface area (Å²) in [5.41, 5.74) is 8.01. The first-order valence-corrected chi connectivity index (χ1v) is 9.38. The van der Waals surface area contributed by atoms with Crippen molar-refractivity contribution >= 4 is 11.4 Å². The zero-order chi connectivity index (χ0) is 16.0. The molecule has 0 aliphatic rings. The minimum atomic E-state index is 0.856. The molecule has 1 aromatic rings. The molecule has 126 valence electrons. The quantitative estimate of drug-likeness (QED) is 0.357. The Morgan fingerprint density at radius 1 is 0.682 bits per heavy atom. The first-order chi connectivity index (χ1) is 10.8. The van der Waals surface area contributed by atoms with Crippen LogP contribution in [0.4, 0.5) is 11.4 Å². The average Bonchev–Trinajstić information content (AvgIpc) is 2.53. The number of unbranched alkanes of at least 4 members (excludes halogenated alkanes) is 8. The van der Waals surface area contributed by atoms with Crippen LogP contribution in [0.15, 0.2) is 24.3 Å². The fraction of sp³-hybridized carbons (Fsp3) is 0.700. The third kappa shape index (κ3) is 8.31. The average molecular weight is 305 g/mol. The Balaban J connectivity index is 2.40. The molecule has 0 aliphatic heterocycles. The van der Waals surface area contributed by atoms with Gasteiger partial charge in [-0.3, -0.25) is 0 Å². The number of hydrogen-bond acceptors (Lipinski definition) is 2. The SMILES string of the molecule is CCCCCCCN(CCCCCCC)c1ccc(N)cc1. The topological polar surface area (TPSA) is 29.3 Å². The normalized spacial score (nSPS) is 10.8. The van der Waals surface area contributed by atoms with Gasteiger partial charge in [-0.15, -0.1) is 0 Å². The molecule has 0 heterocycles. The Bertz CT molecular complexity index is 344. The number of hydrogen-bond donors (Lipinski definition) is 1. The summed E-state index contributed by atoms with van der Waals surface area (Å²) in [6.07, 6.45) is 13.5. The standard InChI is InChI=1S/C20H36N2/c1-3-5-7-9-11-17-22(18-12-10-8-6-4-2)20-15-13-19(21)14-16-20/h13-16H,3-12,17-18,21H2,1-2H3. The zero-order valence-corrected chi connectivity index (χ0v) is 14.8. The van der Waals surface area contributed by atoms with Gasteiger partial charge in [0, 0.05) is 24.5 Å². The molecule has 2 heteroatoms. The number of rotatable bonds is 13. The Morgan fingerprint density at radius 3 is 1.59 bits per heavy atom. The minimum absolute atomic E-state index is 0.856. The van der Waals surface area contributed by atoms with E-state index in [4.69, 9.17) is 5.73 Å². The second kappa shape index (κ2) is 12.4. The molecule has 1 aromatic carbocycles. The van der Waals surface area contributed by atoms with Crippen molar-refractivity contribution in [3.63, 3.8) is 0 Å². The fourth-order valence-corrected chi connectivity index (χ4v) is 2.87. The van der Waals surface area contributed by atoms with E-state index in [1.807, 2.05) is 12.1 Å². The maximum absolute atomic E-state index is 5.82. The van der Waals surface area contributed by atoms with Crippen LogP contribution in [-0.4, -0.2) is 13.1 Å². The van der Waals surface area contributed by atoms with Crippen molar-refractivity contribution < 1.29 is 0 Å². The van der Waals surface area contributed by atoms with E-state index < -0.39 is 0 Å². The number of nitrogens with two attached hydrogens (primary N) is 1. The van der Waals surface area contributed by atoms with Crippen LogP contribution in [0.1, 0.15) is 78.1 Å². The molecule has 0 fully saturated rings. The van der Waals surface area contributed by atoms with Crippen molar-refractivity contribution in [2.75, 3.05) is 23.7 Å². The predicted octanol–water partition coefficient (Wildman–Crippen LogP) is 6.02. The summed E-state index contributed by atoms with van der Waals surface area (Å²) < 4.78 is 0. The maximum Gasteiger partial charge on any atom is 0.0367 e.